The third kappa shape index (κ3) is 2.76. The van der Waals surface area contributed by atoms with E-state index in [1.807, 2.05) is 0 Å². The van der Waals surface area contributed by atoms with Gasteiger partial charge in [0.05, 0.1) is 13.2 Å². The Labute approximate surface area is 109 Å². The van der Waals surface area contributed by atoms with Crippen molar-refractivity contribution in [1.82, 2.24) is 0 Å². The Morgan fingerprint density at radius 1 is 1.26 bits per heavy atom. The van der Waals surface area contributed by atoms with Crippen LogP contribution in [0.2, 0.25) is 0 Å². The second kappa shape index (κ2) is 5.14. The lowest BCUT2D eigenvalue weighted by Gasteiger charge is -2.07. The molecule has 100 valence electrons. The fourth-order valence-electron chi connectivity index (χ4n) is 1.64. The molecule has 19 heavy (non-hydrogen) atoms. The first-order chi connectivity index (χ1) is 9.01. The molecular formula is C14H14O5. The number of rotatable bonds is 3. The predicted octanol–water partition coefficient (Wildman–Crippen LogP) is 2.37. The number of methoxy groups -OCH3 is 1. The lowest BCUT2D eigenvalue weighted by molar-refractivity contribution is 0.0373. The molecule has 0 spiro atoms. The highest BCUT2D eigenvalue weighted by molar-refractivity contribution is 5.93. The van der Waals surface area contributed by atoms with Crippen molar-refractivity contribution in [3.05, 3.63) is 40.2 Å². The normalized spacial score (nSPS) is 10.7. The lowest BCUT2D eigenvalue weighted by Crippen LogP contribution is -2.19. The minimum absolute atomic E-state index is 0.105. The van der Waals surface area contributed by atoms with E-state index in [2.05, 4.69) is 0 Å². The van der Waals surface area contributed by atoms with Gasteiger partial charge in [-0.15, -0.1) is 0 Å². The van der Waals surface area contributed by atoms with Gasteiger partial charge in [0.1, 0.15) is 16.9 Å². The fraction of sp³-hybridized carbons (Fsp3) is 0.286. The molecule has 0 amide bonds. The minimum Gasteiger partial charge on any atom is -0.497 e. The Morgan fingerprint density at radius 3 is 2.63 bits per heavy atom. The van der Waals surface area contributed by atoms with Crippen LogP contribution in [-0.4, -0.2) is 19.2 Å². The number of ether oxygens (including phenoxy) is 2. The van der Waals surface area contributed by atoms with Crippen LogP contribution in [-0.2, 0) is 4.74 Å². The molecule has 1 heterocycles. The quantitative estimate of drug-likeness (QED) is 0.627. The van der Waals surface area contributed by atoms with Crippen LogP contribution in [0.1, 0.15) is 24.2 Å². The van der Waals surface area contributed by atoms with Crippen molar-refractivity contribution in [1.29, 1.82) is 0 Å². The highest BCUT2D eigenvalue weighted by Crippen LogP contribution is 2.20. The van der Waals surface area contributed by atoms with Crippen LogP contribution >= 0.6 is 0 Å². The summed E-state index contributed by atoms with van der Waals surface area (Å²) in [6, 6.07) is 6.49. The number of fused-ring (bicyclic) bond motifs is 1. The summed E-state index contributed by atoms with van der Waals surface area (Å²) >= 11 is 0. The van der Waals surface area contributed by atoms with Gasteiger partial charge in [-0.3, -0.25) is 0 Å². The second-order valence-electron chi connectivity index (χ2n) is 4.31. The van der Waals surface area contributed by atoms with Crippen LogP contribution in [0, 0.1) is 0 Å². The Balaban J connectivity index is 2.50. The Morgan fingerprint density at radius 2 is 2.00 bits per heavy atom. The van der Waals surface area contributed by atoms with Crippen molar-refractivity contribution in [2.75, 3.05) is 7.11 Å². The maximum atomic E-state index is 11.7. The SMILES string of the molecule is COc1ccc2cc(C(=O)OC(C)C)c(=O)oc2c1. The van der Waals surface area contributed by atoms with Crippen LogP contribution in [0.3, 0.4) is 0 Å². The minimum atomic E-state index is -0.716. The molecule has 0 radical (unpaired) electrons. The lowest BCUT2D eigenvalue weighted by atomic mass is 10.2. The van der Waals surface area contributed by atoms with Crippen LogP contribution in [0.25, 0.3) is 11.0 Å². The molecule has 0 unspecified atom stereocenters. The molecule has 0 saturated carbocycles. The highest BCUT2D eigenvalue weighted by atomic mass is 16.5. The van der Waals surface area contributed by atoms with Crippen molar-refractivity contribution in [2.24, 2.45) is 0 Å². The van der Waals surface area contributed by atoms with Gasteiger partial charge in [-0.2, -0.15) is 0 Å². The first-order valence-electron chi connectivity index (χ1n) is 5.84. The smallest absolute Gasteiger partial charge is 0.351 e. The van der Waals surface area contributed by atoms with Crippen LogP contribution < -0.4 is 10.4 Å². The third-order valence-corrected chi connectivity index (χ3v) is 2.51. The molecule has 5 heteroatoms. The Hall–Kier alpha value is -2.30. The number of benzene rings is 1. The van der Waals surface area contributed by atoms with Gasteiger partial charge in [-0.25, -0.2) is 9.59 Å². The number of esters is 1. The second-order valence-corrected chi connectivity index (χ2v) is 4.31. The molecular weight excluding hydrogens is 248 g/mol. The Kier molecular flexibility index (Phi) is 3.55. The van der Waals surface area contributed by atoms with E-state index < -0.39 is 11.6 Å². The topological polar surface area (TPSA) is 65.7 Å². The fourth-order valence-corrected chi connectivity index (χ4v) is 1.64. The van der Waals surface area contributed by atoms with E-state index in [1.54, 1.807) is 32.0 Å². The molecule has 0 atom stereocenters. The summed E-state index contributed by atoms with van der Waals surface area (Å²) in [6.07, 6.45) is -0.293. The summed E-state index contributed by atoms with van der Waals surface area (Å²) in [5, 5.41) is 0.635. The molecule has 0 saturated heterocycles. The molecule has 1 aromatic carbocycles. The standard InChI is InChI=1S/C14H14O5/c1-8(2)18-13(15)11-6-9-4-5-10(17-3)7-12(9)19-14(11)16/h4-8H,1-3H3. The average Bonchev–Trinajstić information content (AvgIpc) is 2.36. The largest absolute Gasteiger partial charge is 0.497 e. The van der Waals surface area contributed by atoms with E-state index in [0.717, 1.165) is 0 Å². The highest BCUT2D eigenvalue weighted by Gasteiger charge is 2.16. The molecule has 0 bridgehead atoms. The maximum absolute atomic E-state index is 11.7. The van der Waals surface area contributed by atoms with E-state index in [4.69, 9.17) is 13.9 Å². The van der Waals surface area contributed by atoms with Crippen molar-refractivity contribution in [3.63, 3.8) is 0 Å². The first-order valence-corrected chi connectivity index (χ1v) is 5.84. The van der Waals surface area contributed by atoms with Gasteiger partial charge in [-0.05, 0) is 32.0 Å². The van der Waals surface area contributed by atoms with E-state index in [-0.39, 0.29) is 11.7 Å². The molecule has 5 nitrogen and oxygen atoms in total. The summed E-state index contributed by atoms with van der Waals surface area (Å²) in [7, 11) is 1.52. The molecule has 2 rings (SSSR count). The molecule has 2 aromatic rings. The van der Waals surface area contributed by atoms with Gasteiger partial charge in [-0.1, -0.05) is 0 Å². The van der Waals surface area contributed by atoms with E-state index >= 15 is 0 Å². The van der Waals surface area contributed by atoms with Gasteiger partial charge in [0.2, 0.25) is 0 Å². The summed E-state index contributed by atoms with van der Waals surface area (Å²) in [5.41, 5.74) is -0.455. The van der Waals surface area contributed by atoms with Crippen molar-refractivity contribution < 1.29 is 18.7 Å². The summed E-state index contributed by atoms with van der Waals surface area (Å²) in [4.78, 5) is 23.5. The maximum Gasteiger partial charge on any atom is 0.351 e. The van der Waals surface area contributed by atoms with Crippen LogP contribution in [0.5, 0.6) is 5.75 Å². The number of hydrogen-bond acceptors (Lipinski definition) is 5. The van der Waals surface area contributed by atoms with Crippen molar-refractivity contribution in [2.45, 2.75) is 20.0 Å². The molecule has 0 aliphatic heterocycles. The van der Waals surface area contributed by atoms with Gasteiger partial charge in [0, 0.05) is 11.5 Å². The van der Waals surface area contributed by atoms with Crippen LogP contribution in [0.4, 0.5) is 0 Å². The number of hydrogen-bond donors (Lipinski definition) is 0. The van der Waals surface area contributed by atoms with E-state index in [9.17, 15) is 9.59 Å². The molecule has 0 fully saturated rings. The van der Waals surface area contributed by atoms with Crippen molar-refractivity contribution in [3.8, 4) is 5.75 Å². The van der Waals surface area contributed by atoms with Gasteiger partial charge in [0.15, 0.2) is 0 Å². The van der Waals surface area contributed by atoms with Gasteiger partial charge < -0.3 is 13.9 Å². The summed E-state index contributed by atoms with van der Waals surface area (Å²) in [5.74, 6) is -0.102. The summed E-state index contributed by atoms with van der Waals surface area (Å²) < 4.78 is 15.1. The molecule has 1 aromatic heterocycles. The number of carbonyl (C=O) groups is 1. The summed E-state index contributed by atoms with van der Waals surface area (Å²) in [6.45, 7) is 3.43. The average molecular weight is 262 g/mol. The molecule has 0 aliphatic rings. The van der Waals surface area contributed by atoms with Gasteiger partial charge in [0.25, 0.3) is 0 Å². The van der Waals surface area contributed by atoms with E-state index in [1.165, 1.54) is 13.2 Å². The zero-order valence-corrected chi connectivity index (χ0v) is 10.9. The van der Waals surface area contributed by atoms with Gasteiger partial charge >= 0.3 is 11.6 Å². The van der Waals surface area contributed by atoms with Crippen molar-refractivity contribution >= 4 is 16.9 Å². The van der Waals surface area contributed by atoms with E-state index in [0.29, 0.717) is 16.7 Å². The predicted molar refractivity (Wildman–Crippen MR) is 69.6 cm³/mol. The molecule has 0 N–H and O–H groups in total. The monoisotopic (exact) mass is 262 g/mol. The zero-order valence-electron chi connectivity index (χ0n) is 10.9. The zero-order chi connectivity index (χ0) is 14.0. The number of carbonyl (C=O) groups excluding carboxylic acids is 1. The molecule has 0 aliphatic carbocycles. The Bertz CT molecular complexity index is 669. The first kappa shape index (κ1) is 13.1. The van der Waals surface area contributed by atoms with Crippen LogP contribution in [0.15, 0.2) is 33.5 Å². The third-order valence-electron chi connectivity index (χ3n) is 2.51.